The Morgan fingerprint density at radius 1 is 1.60 bits per heavy atom. The molecule has 1 rings (SSSR count). The second kappa shape index (κ2) is 5.46. The van der Waals surface area contributed by atoms with Gasteiger partial charge >= 0.3 is 5.97 Å². The van der Waals surface area contributed by atoms with Crippen LogP contribution in [0.2, 0.25) is 0 Å². The minimum Gasteiger partial charge on any atom is -0.466 e. The molecule has 0 amide bonds. The lowest BCUT2D eigenvalue weighted by Gasteiger charge is -2.10. The molecule has 0 fully saturated rings. The lowest BCUT2D eigenvalue weighted by molar-refractivity contribution is -0.143. The van der Waals surface area contributed by atoms with Crippen LogP contribution in [0.1, 0.15) is 30.6 Å². The van der Waals surface area contributed by atoms with E-state index >= 15 is 0 Å². The molecule has 0 aliphatic heterocycles. The van der Waals surface area contributed by atoms with Crippen molar-refractivity contribution in [3.05, 3.63) is 29.6 Å². The number of nitrogens with zero attached hydrogens (tertiary/aromatic N) is 1. The highest BCUT2D eigenvalue weighted by molar-refractivity contribution is 5.70. The summed E-state index contributed by atoms with van der Waals surface area (Å²) in [6, 6.07) is 3.42. The molecule has 0 aromatic carbocycles. The largest absolute Gasteiger partial charge is 0.466 e. The monoisotopic (exact) mass is 208 g/mol. The first kappa shape index (κ1) is 11.7. The van der Waals surface area contributed by atoms with E-state index in [2.05, 4.69) is 4.98 Å². The Morgan fingerprint density at radius 3 is 2.87 bits per heavy atom. The van der Waals surface area contributed by atoms with Crippen molar-refractivity contribution < 1.29 is 9.53 Å². The summed E-state index contributed by atoms with van der Waals surface area (Å²) in [5.41, 5.74) is 7.62. The minimum absolute atomic E-state index is 0.193. The Hall–Kier alpha value is -1.42. The number of aromatic nitrogens is 1. The Kier molecular flexibility index (Phi) is 4.24. The van der Waals surface area contributed by atoms with Gasteiger partial charge in [0, 0.05) is 17.9 Å². The highest BCUT2D eigenvalue weighted by Crippen LogP contribution is 2.13. The van der Waals surface area contributed by atoms with E-state index in [4.69, 9.17) is 10.5 Å². The summed E-state index contributed by atoms with van der Waals surface area (Å²) >= 11 is 0. The van der Waals surface area contributed by atoms with E-state index in [0.29, 0.717) is 6.61 Å². The maximum Gasteiger partial charge on any atom is 0.307 e. The Balaban J connectivity index is 2.57. The van der Waals surface area contributed by atoms with Gasteiger partial charge in [-0.05, 0) is 25.5 Å². The molecular weight excluding hydrogens is 192 g/mol. The van der Waals surface area contributed by atoms with Crippen LogP contribution in [-0.2, 0) is 9.53 Å². The van der Waals surface area contributed by atoms with Crippen LogP contribution in [0.3, 0.4) is 0 Å². The number of esters is 1. The number of nitrogens with two attached hydrogens (primary N) is 1. The summed E-state index contributed by atoms with van der Waals surface area (Å²) in [5, 5.41) is 0. The maximum atomic E-state index is 11.2. The predicted molar refractivity (Wildman–Crippen MR) is 57.2 cm³/mol. The molecule has 0 aliphatic carbocycles. The Bertz CT molecular complexity index is 322. The average Bonchev–Trinajstić information content (AvgIpc) is 2.18. The first-order chi connectivity index (χ1) is 7.13. The molecule has 1 aromatic heterocycles. The first-order valence-corrected chi connectivity index (χ1v) is 4.97. The van der Waals surface area contributed by atoms with Gasteiger partial charge < -0.3 is 10.5 Å². The van der Waals surface area contributed by atoms with E-state index in [0.717, 1.165) is 11.3 Å². The smallest absolute Gasteiger partial charge is 0.307 e. The highest BCUT2D eigenvalue weighted by atomic mass is 16.5. The summed E-state index contributed by atoms with van der Waals surface area (Å²) in [7, 11) is 0. The molecule has 2 N–H and O–H groups in total. The fourth-order valence-corrected chi connectivity index (χ4v) is 1.22. The van der Waals surface area contributed by atoms with Gasteiger partial charge in [0.1, 0.15) is 0 Å². The molecule has 82 valence electrons. The van der Waals surface area contributed by atoms with Crippen molar-refractivity contribution in [3.63, 3.8) is 0 Å². The van der Waals surface area contributed by atoms with Gasteiger partial charge in [-0.2, -0.15) is 0 Å². The second-order valence-electron chi connectivity index (χ2n) is 3.35. The van der Waals surface area contributed by atoms with Crippen LogP contribution in [0.5, 0.6) is 0 Å². The van der Waals surface area contributed by atoms with Crippen LogP contribution in [0.15, 0.2) is 18.3 Å². The van der Waals surface area contributed by atoms with Crippen LogP contribution in [0.4, 0.5) is 0 Å². The third kappa shape index (κ3) is 3.67. The number of pyridine rings is 1. The third-order valence-electron chi connectivity index (χ3n) is 2.05. The van der Waals surface area contributed by atoms with Crippen molar-refractivity contribution >= 4 is 5.97 Å². The van der Waals surface area contributed by atoms with Crippen LogP contribution in [-0.4, -0.2) is 17.6 Å². The number of carbonyl (C=O) groups excluding carboxylic acids is 1. The Labute approximate surface area is 89.5 Å². The molecule has 1 heterocycles. The molecular formula is C11H16N2O2. The van der Waals surface area contributed by atoms with Gasteiger partial charge in [0.25, 0.3) is 0 Å². The fourth-order valence-electron chi connectivity index (χ4n) is 1.22. The van der Waals surface area contributed by atoms with Crippen molar-refractivity contribution in [1.29, 1.82) is 0 Å². The molecule has 0 saturated heterocycles. The number of hydrogen-bond acceptors (Lipinski definition) is 4. The fraction of sp³-hybridized carbons (Fsp3) is 0.455. The predicted octanol–water partition coefficient (Wildman–Crippen LogP) is 1.34. The van der Waals surface area contributed by atoms with Crippen LogP contribution in [0, 0.1) is 6.92 Å². The molecule has 15 heavy (non-hydrogen) atoms. The molecule has 0 saturated carbocycles. The molecule has 4 heteroatoms. The number of hydrogen-bond donors (Lipinski definition) is 1. The zero-order chi connectivity index (χ0) is 11.3. The van der Waals surface area contributed by atoms with Crippen LogP contribution < -0.4 is 5.73 Å². The SMILES string of the molecule is CCOC(=O)CC(N)c1ccc(C)nc1. The number of ether oxygens (including phenoxy) is 1. The third-order valence-corrected chi connectivity index (χ3v) is 2.05. The van der Waals surface area contributed by atoms with Gasteiger partial charge in [-0.15, -0.1) is 0 Å². The van der Waals surface area contributed by atoms with E-state index in [-0.39, 0.29) is 18.4 Å². The van der Waals surface area contributed by atoms with Gasteiger partial charge in [-0.1, -0.05) is 6.07 Å². The van der Waals surface area contributed by atoms with E-state index < -0.39 is 0 Å². The van der Waals surface area contributed by atoms with Gasteiger partial charge in [-0.3, -0.25) is 9.78 Å². The Morgan fingerprint density at radius 2 is 2.33 bits per heavy atom. The van der Waals surface area contributed by atoms with Crippen molar-refractivity contribution in [3.8, 4) is 0 Å². The van der Waals surface area contributed by atoms with E-state index in [1.807, 2.05) is 19.1 Å². The second-order valence-corrected chi connectivity index (χ2v) is 3.35. The molecule has 0 aliphatic rings. The summed E-state index contributed by atoms with van der Waals surface area (Å²) in [5.74, 6) is -0.273. The number of carbonyl (C=O) groups is 1. The molecule has 1 atom stereocenters. The van der Waals surface area contributed by atoms with Crippen molar-refractivity contribution in [2.45, 2.75) is 26.3 Å². The van der Waals surface area contributed by atoms with Crippen molar-refractivity contribution in [2.24, 2.45) is 5.73 Å². The van der Waals surface area contributed by atoms with Crippen LogP contribution >= 0.6 is 0 Å². The first-order valence-electron chi connectivity index (χ1n) is 4.97. The van der Waals surface area contributed by atoms with Crippen molar-refractivity contribution in [1.82, 2.24) is 4.98 Å². The van der Waals surface area contributed by atoms with Gasteiger partial charge in [0.15, 0.2) is 0 Å². The summed E-state index contributed by atoms with van der Waals surface area (Å²) in [4.78, 5) is 15.3. The average molecular weight is 208 g/mol. The lowest BCUT2D eigenvalue weighted by Crippen LogP contribution is -2.17. The van der Waals surface area contributed by atoms with Gasteiger partial charge in [0.2, 0.25) is 0 Å². The number of aryl methyl sites for hydroxylation is 1. The molecule has 0 radical (unpaired) electrons. The zero-order valence-corrected chi connectivity index (χ0v) is 9.06. The summed E-state index contributed by atoms with van der Waals surface area (Å²) < 4.78 is 4.82. The van der Waals surface area contributed by atoms with E-state index in [1.54, 1.807) is 13.1 Å². The molecule has 4 nitrogen and oxygen atoms in total. The molecule has 0 bridgehead atoms. The quantitative estimate of drug-likeness (QED) is 0.758. The summed E-state index contributed by atoms with van der Waals surface area (Å²) in [6.45, 7) is 4.06. The lowest BCUT2D eigenvalue weighted by atomic mass is 10.1. The van der Waals surface area contributed by atoms with Crippen molar-refractivity contribution in [2.75, 3.05) is 6.61 Å². The molecule has 0 spiro atoms. The zero-order valence-electron chi connectivity index (χ0n) is 9.06. The normalized spacial score (nSPS) is 12.2. The standard InChI is InChI=1S/C11H16N2O2/c1-3-15-11(14)6-10(12)9-5-4-8(2)13-7-9/h4-5,7,10H,3,6,12H2,1-2H3. The minimum atomic E-state index is -0.336. The molecule has 1 unspecified atom stereocenters. The van der Waals surface area contributed by atoms with Gasteiger partial charge in [-0.25, -0.2) is 0 Å². The highest BCUT2D eigenvalue weighted by Gasteiger charge is 2.12. The van der Waals surface area contributed by atoms with Gasteiger partial charge in [0.05, 0.1) is 13.0 Å². The topological polar surface area (TPSA) is 65.2 Å². The van der Waals surface area contributed by atoms with Crippen LogP contribution in [0.25, 0.3) is 0 Å². The maximum absolute atomic E-state index is 11.2. The molecule has 1 aromatic rings. The van der Waals surface area contributed by atoms with E-state index in [1.165, 1.54) is 0 Å². The number of rotatable bonds is 4. The van der Waals surface area contributed by atoms with E-state index in [9.17, 15) is 4.79 Å². The summed E-state index contributed by atoms with van der Waals surface area (Å²) in [6.07, 6.45) is 1.89.